The molecule has 1 N–H and O–H groups in total. The summed E-state index contributed by atoms with van der Waals surface area (Å²) in [5.41, 5.74) is 0.906. The molecule has 220 valence electrons. The zero-order chi connectivity index (χ0) is 30.0. The van der Waals surface area contributed by atoms with Crippen LogP contribution in [-0.2, 0) is 26.2 Å². The van der Waals surface area contributed by atoms with Crippen molar-refractivity contribution in [3.8, 4) is 5.75 Å². The predicted molar refractivity (Wildman–Crippen MR) is 158 cm³/mol. The molecule has 3 aromatic carbocycles. The van der Waals surface area contributed by atoms with E-state index in [9.17, 15) is 22.4 Å². The monoisotopic (exact) mass is 583 g/mol. The predicted octanol–water partition coefficient (Wildman–Crippen LogP) is 5.14. The largest absolute Gasteiger partial charge is 0.494 e. The van der Waals surface area contributed by atoms with Crippen LogP contribution in [0.15, 0.2) is 83.8 Å². The van der Waals surface area contributed by atoms with E-state index in [0.717, 1.165) is 22.0 Å². The minimum atomic E-state index is -4.27. The Bertz CT molecular complexity index is 1380. The molecule has 0 radical (unpaired) electrons. The van der Waals surface area contributed by atoms with Crippen LogP contribution in [-0.4, -0.2) is 50.4 Å². The van der Waals surface area contributed by atoms with E-state index < -0.39 is 34.3 Å². The van der Waals surface area contributed by atoms with Gasteiger partial charge in [-0.25, -0.2) is 12.8 Å². The Morgan fingerprint density at radius 1 is 0.902 bits per heavy atom. The van der Waals surface area contributed by atoms with E-state index in [1.165, 1.54) is 41.3 Å². The Morgan fingerprint density at radius 2 is 1.54 bits per heavy atom. The zero-order valence-corrected chi connectivity index (χ0v) is 24.7. The highest BCUT2D eigenvalue weighted by atomic mass is 32.2. The van der Waals surface area contributed by atoms with Crippen LogP contribution in [0.4, 0.5) is 10.1 Å². The van der Waals surface area contributed by atoms with Crippen LogP contribution in [0.2, 0.25) is 0 Å². The first-order chi connectivity index (χ1) is 19.6. The van der Waals surface area contributed by atoms with Crippen LogP contribution in [0.3, 0.4) is 0 Å². The van der Waals surface area contributed by atoms with E-state index in [1.807, 2.05) is 51.1 Å². The highest BCUT2D eigenvalue weighted by Crippen LogP contribution is 2.26. The van der Waals surface area contributed by atoms with Crippen molar-refractivity contribution in [1.82, 2.24) is 10.2 Å². The molecular formula is C31H38FN3O5S. The van der Waals surface area contributed by atoms with E-state index in [0.29, 0.717) is 25.2 Å². The highest BCUT2D eigenvalue weighted by molar-refractivity contribution is 7.92. The quantitative estimate of drug-likeness (QED) is 0.284. The zero-order valence-electron chi connectivity index (χ0n) is 23.9. The lowest BCUT2D eigenvalue weighted by Crippen LogP contribution is -2.53. The number of hydrogen-bond acceptors (Lipinski definition) is 5. The number of ether oxygens (including phenoxy) is 1. The molecule has 0 fully saturated rings. The number of carbonyl (C=O) groups excluding carboxylic acids is 2. The first kappa shape index (κ1) is 31.6. The molecule has 2 atom stereocenters. The third kappa shape index (κ3) is 8.29. The molecule has 0 aromatic heterocycles. The van der Waals surface area contributed by atoms with Gasteiger partial charge in [0.05, 0.1) is 17.2 Å². The molecule has 0 saturated carbocycles. The maximum atomic E-state index is 14.0. The Morgan fingerprint density at radius 3 is 2.10 bits per heavy atom. The summed E-state index contributed by atoms with van der Waals surface area (Å²) in [7, 11) is -4.27. The van der Waals surface area contributed by atoms with Crippen molar-refractivity contribution in [2.24, 2.45) is 0 Å². The molecule has 8 nitrogen and oxygen atoms in total. The van der Waals surface area contributed by atoms with Crippen molar-refractivity contribution in [1.29, 1.82) is 0 Å². The standard InChI is InChI=1S/C31H38FN3O5S/c1-5-23(4)33-31(37)29(6-2)34(21-24-11-9-8-10-12-24)30(36)22-35(26-15-13-25(32)14-16-26)41(38,39)28-19-17-27(18-20-28)40-7-3/h8-20,23,29H,5-7,21-22H2,1-4H3,(H,33,37)/t23-,29+/m0/s1. The number of amides is 2. The molecule has 0 aliphatic rings. The smallest absolute Gasteiger partial charge is 0.264 e. The van der Waals surface area contributed by atoms with E-state index in [4.69, 9.17) is 4.74 Å². The third-order valence-electron chi connectivity index (χ3n) is 6.70. The lowest BCUT2D eigenvalue weighted by Gasteiger charge is -2.33. The Balaban J connectivity index is 2.03. The van der Waals surface area contributed by atoms with Crippen LogP contribution >= 0.6 is 0 Å². The van der Waals surface area contributed by atoms with E-state index in [1.54, 1.807) is 6.92 Å². The maximum absolute atomic E-state index is 14.0. The summed E-state index contributed by atoms with van der Waals surface area (Å²) in [6.45, 7) is 7.39. The fourth-order valence-corrected chi connectivity index (χ4v) is 5.69. The van der Waals surface area contributed by atoms with Crippen LogP contribution < -0.4 is 14.4 Å². The highest BCUT2D eigenvalue weighted by Gasteiger charge is 2.34. The number of rotatable bonds is 14. The van der Waals surface area contributed by atoms with Gasteiger partial charge in [0.15, 0.2) is 0 Å². The van der Waals surface area contributed by atoms with Gasteiger partial charge in [-0.2, -0.15) is 0 Å². The third-order valence-corrected chi connectivity index (χ3v) is 8.49. The Kier molecular flexibility index (Phi) is 11.3. The molecule has 0 heterocycles. The first-order valence-corrected chi connectivity index (χ1v) is 15.2. The van der Waals surface area contributed by atoms with Crippen molar-refractivity contribution in [3.05, 3.63) is 90.2 Å². The van der Waals surface area contributed by atoms with Gasteiger partial charge in [0.1, 0.15) is 24.2 Å². The molecule has 0 spiro atoms. The van der Waals surface area contributed by atoms with Crippen LogP contribution in [0.25, 0.3) is 0 Å². The molecule has 0 unspecified atom stereocenters. The van der Waals surface area contributed by atoms with Gasteiger partial charge in [-0.1, -0.05) is 44.2 Å². The lowest BCUT2D eigenvalue weighted by atomic mass is 10.1. The fourth-order valence-electron chi connectivity index (χ4n) is 4.28. The van der Waals surface area contributed by atoms with E-state index in [-0.39, 0.29) is 29.1 Å². The molecule has 0 aliphatic carbocycles. The second-order valence-corrected chi connectivity index (χ2v) is 11.5. The molecular weight excluding hydrogens is 545 g/mol. The van der Waals surface area contributed by atoms with Crippen LogP contribution in [0, 0.1) is 5.82 Å². The first-order valence-electron chi connectivity index (χ1n) is 13.8. The van der Waals surface area contributed by atoms with Gasteiger partial charge in [0.2, 0.25) is 11.8 Å². The average Bonchev–Trinajstić information content (AvgIpc) is 2.97. The van der Waals surface area contributed by atoms with Crippen molar-refractivity contribution in [2.45, 2.75) is 64.1 Å². The number of benzene rings is 3. The van der Waals surface area contributed by atoms with Gasteiger partial charge < -0.3 is 15.0 Å². The summed E-state index contributed by atoms with van der Waals surface area (Å²) >= 11 is 0. The summed E-state index contributed by atoms with van der Waals surface area (Å²) in [5.74, 6) is -0.923. The number of nitrogens with zero attached hydrogens (tertiary/aromatic N) is 2. The topological polar surface area (TPSA) is 96.0 Å². The molecule has 3 rings (SSSR count). The maximum Gasteiger partial charge on any atom is 0.264 e. The molecule has 41 heavy (non-hydrogen) atoms. The van der Waals surface area contributed by atoms with Gasteiger partial charge in [0.25, 0.3) is 10.0 Å². The second kappa shape index (κ2) is 14.6. The number of hydrogen-bond donors (Lipinski definition) is 1. The van der Waals surface area contributed by atoms with E-state index >= 15 is 0 Å². The minimum absolute atomic E-state index is 0.0609. The summed E-state index contributed by atoms with van der Waals surface area (Å²) < 4.78 is 48.0. The number of carbonyl (C=O) groups is 2. The minimum Gasteiger partial charge on any atom is -0.494 e. The number of sulfonamides is 1. The van der Waals surface area contributed by atoms with Gasteiger partial charge in [-0.15, -0.1) is 0 Å². The van der Waals surface area contributed by atoms with Crippen LogP contribution in [0.5, 0.6) is 5.75 Å². The fraction of sp³-hybridized carbons (Fsp3) is 0.355. The average molecular weight is 584 g/mol. The molecule has 0 saturated heterocycles. The molecule has 0 bridgehead atoms. The van der Waals surface area contributed by atoms with Crippen molar-refractivity contribution >= 4 is 27.5 Å². The molecule has 3 aromatic rings. The van der Waals surface area contributed by atoms with E-state index in [2.05, 4.69) is 5.32 Å². The lowest BCUT2D eigenvalue weighted by molar-refractivity contribution is -0.140. The summed E-state index contributed by atoms with van der Waals surface area (Å²) in [6, 6.07) is 19.0. The SMILES string of the molecule is CCOc1ccc(S(=O)(=O)N(CC(=O)N(Cc2ccccc2)[C@H](CC)C(=O)N[C@@H](C)CC)c2ccc(F)cc2)cc1. The van der Waals surface area contributed by atoms with Gasteiger partial charge in [0, 0.05) is 12.6 Å². The number of halogens is 1. The number of anilines is 1. The van der Waals surface area contributed by atoms with Crippen LogP contribution in [0.1, 0.15) is 46.1 Å². The van der Waals surface area contributed by atoms with Crippen molar-refractivity contribution in [3.63, 3.8) is 0 Å². The van der Waals surface area contributed by atoms with Crippen molar-refractivity contribution in [2.75, 3.05) is 17.5 Å². The summed E-state index contributed by atoms with van der Waals surface area (Å²) in [6.07, 6.45) is 1.04. The Labute approximate surface area is 242 Å². The second-order valence-electron chi connectivity index (χ2n) is 9.64. The normalized spacial score (nSPS) is 12.7. The van der Waals surface area contributed by atoms with Crippen molar-refractivity contribution < 1.29 is 27.1 Å². The van der Waals surface area contributed by atoms with Gasteiger partial charge in [-0.3, -0.25) is 13.9 Å². The molecule has 10 heteroatoms. The van der Waals surface area contributed by atoms with Gasteiger partial charge >= 0.3 is 0 Å². The summed E-state index contributed by atoms with van der Waals surface area (Å²) in [5, 5.41) is 2.95. The molecule has 2 amide bonds. The Hall–Kier alpha value is -3.92. The number of nitrogens with one attached hydrogen (secondary N) is 1. The summed E-state index contributed by atoms with van der Waals surface area (Å²) in [4.78, 5) is 28.7. The molecule has 0 aliphatic heterocycles. The van der Waals surface area contributed by atoms with Gasteiger partial charge in [-0.05, 0) is 80.8 Å².